The molecule has 0 saturated carbocycles. The predicted molar refractivity (Wildman–Crippen MR) is 115 cm³/mol. The van der Waals surface area contributed by atoms with Gasteiger partial charge in [-0.1, -0.05) is 72.8 Å². The molecule has 3 aromatic carbocycles. The molecule has 0 aliphatic heterocycles. The maximum Gasteiger partial charge on any atom is 0.240 e. The molecule has 0 fully saturated rings. The Morgan fingerprint density at radius 2 is 1.38 bits per heavy atom. The summed E-state index contributed by atoms with van der Waals surface area (Å²) in [6.45, 7) is 1.95. The van der Waals surface area contributed by atoms with E-state index in [9.17, 15) is 13.2 Å². The topological polar surface area (TPSA) is 75.3 Å². The number of hydrogen-bond donors (Lipinski definition) is 2. The van der Waals surface area contributed by atoms with Crippen molar-refractivity contribution in [2.45, 2.75) is 24.3 Å². The van der Waals surface area contributed by atoms with E-state index in [0.29, 0.717) is 0 Å². The van der Waals surface area contributed by atoms with E-state index in [-0.39, 0.29) is 29.8 Å². The number of carbonyl (C=O) groups excluding carboxylic acids is 1. The molecular formula is C23H24N2O3S. The highest BCUT2D eigenvalue weighted by molar-refractivity contribution is 7.89. The summed E-state index contributed by atoms with van der Waals surface area (Å²) in [5, 5.41) is 2.91. The van der Waals surface area contributed by atoms with Crippen LogP contribution >= 0.6 is 0 Å². The van der Waals surface area contributed by atoms with Crippen molar-refractivity contribution in [1.82, 2.24) is 10.0 Å². The van der Waals surface area contributed by atoms with Crippen LogP contribution in [0.1, 0.15) is 24.9 Å². The summed E-state index contributed by atoms with van der Waals surface area (Å²) < 4.78 is 26.8. The van der Waals surface area contributed by atoms with Gasteiger partial charge in [0, 0.05) is 13.0 Å². The highest BCUT2D eigenvalue weighted by Gasteiger charge is 2.14. The molecule has 29 heavy (non-hydrogen) atoms. The van der Waals surface area contributed by atoms with Gasteiger partial charge in [-0.15, -0.1) is 0 Å². The number of carbonyl (C=O) groups is 1. The molecular weight excluding hydrogens is 384 g/mol. The monoisotopic (exact) mass is 408 g/mol. The van der Waals surface area contributed by atoms with Gasteiger partial charge in [0.15, 0.2) is 0 Å². The van der Waals surface area contributed by atoms with Crippen LogP contribution in [-0.4, -0.2) is 20.9 Å². The van der Waals surface area contributed by atoms with Gasteiger partial charge in [0.05, 0.1) is 10.9 Å². The third-order valence-corrected chi connectivity index (χ3v) is 6.07. The second kappa shape index (κ2) is 9.49. The molecule has 1 amide bonds. The standard InChI is InChI=1S/C23H24N2O3S/c1-18(19-12-14-21(15-13-19)20-8-4-2-5-9-20)25-23(26)16-17-24-29(27,28)22-10-6-3-7-11-22/h2-15,18,24H,16-17H2,1H3,(H,25,26). The normalized spacial score (nSPS) is 12.3. The molecule has 0 saturated heterocycles. The maximum atomic E-state index is 12.2. The van der Waals surface area contributed by atoms with E-state index < -0.39 is 10.0 Å². The lowest BCUT2D eigenvalue weighted by Crippen LogP contribution is -2.32. The SMILES string of the molecule is CC(NC(=O)CCNS(=O)(=O)c1ccccc1)c1ccc(-c2ccccc2)cc1. The van der Waals surface area contributed by atoms with Gasteiger partial charge in [-0.25, -0.2) is 13.1 Å². The van der Waals surface area contributed by atoms with Crippen LogP contribution in [0.15, 0.2) is 89.8 Å². The van der Waals surface area contributed by atoms with Gasteiger partial charge >= 0.3 is 0 Å². The minimum absolute atomic E-state index is 0.0444. The maximum absolute atomic E-state index is 12.2. The van der Waals surface area contributed by atoms with Gasteiger partial charge in [-0.2, -0.15) is 0 Å². The molecule has 1 atom stereocenters. The van der Waals surface area contributed by atoms with E-state index in [1.54, 1.807) is 18.2 Å². The molecule has 0 spiro atoms. The van der Waals surface area contributed by atoms with Crippen LogP contribution in [0.25, 0.3) is 11.1 Å². The molecule has 0 aliphatic rings. The molecule has 2 N–H and O–H groups in total. The average Bonchev–Trinajstić information content (AvgIpc) is 2.75. The first-order valence-electron chi connectivity index (χ1n) is 9.45. The zero-order valence-corrected chi connectivity index (χ0v) is 17.0. The Morgan fingerprint density at radius 1 is 0.828 bits per heavy atom. The van der Waals surface area contributed by atoms with Crippen molar-refractivity contribution in [3.8, 4) is 11.1 Å². The van der Waals surface area contributed by atoms with E-state index in [0.717, 1.165) is 16.7 Å². The largest absolute Gasteiger partial charge is 0.350 e. The fourth-order valence-electron chi connectivity index (χ4n) is 2.97. The van der Waals surface area contributed by atoms with Crippen molar-refractivity contribution in [3.63, 3.8) is 0 Å². The first-order chi connectivity index (χ1) is 14.0. The highest BCUT2D eigenvalue weighted by atomic mass is 32.2. The molecule has 0 heterocycles. The van der Waals surface area contributed by atoms with E-state index in [1.165, 1.54) is 12.1 Å². The van der Waals surface area contributed by atoms with E-state index in [4.69, 9.17) is 0 Å². The minimum Gasteiger partial charge on any atom is -0.350 e. The second-order valence-corrected chi connectivity index (χ2v) is 8.51. The van der Waals surface area contributed by atoms with Crippen molar-refractivity contribution in [2.24, 2.45) is 0 Å². The number of rotatable bonds is 8. The number of nitrogens with one attached hydrogen (secondary N) is 2. The van der Waals surface area contributed by atoms with Crippen molar-refractivity contribution in [3.05, 3.63) is 90.5 Å². The predicted octanol–water partition coefficient (Wildman–Crippen LogP) is 3.90. The molecule has 6 heteroatoms. The Kier molecular flexibility index (Phi) is 6.80. The fourth-order valence-corrected chi connectivity index (χ4v) is 4.03. The first-order valence-corrected chi connectivity index (χ1v) is 10.9. The Morgan fingerprint density at radius 3 is 2.00 bits per heavy atom. The van der Waals surface area contributed by atoms with Gasteiger partial charge < -0.3 is 5.32 Å². The summed E-state index contributed by atoms with van der Waals surface area (Å²) in [6, 6.07) is 26.1. The Balaban J connectivity index is 1.50. The number of benzene rings is 3. The summed E-state index contributed by atoms with van der Waals surface area (Å²) in [5.41, 5.74) is 3.24. The lowest BCUT2D eigenvalue weighted by molar-refractivity contribution is -0.121. The lowest BCUT2D eigenvalue weighted by atomic mass is 10.0. The number of amides is 1. The zero-order valence-electron chi connectivity index (χ0n) is 16.2. The van der Waals surface area contributed by atoms with Crippen LogP contribution in [0.4, 0.5) is 0 Å². The molecule has 1 unspecified atom stereocenters. The molecule has 0 radical (unpaired) electrons. The lowest BCUT2D eigenvalue weighted by Gasteiger charge is -2.15. The van der Waals surface area contributed by atoms with Crippen molar-refractivity contribution in [2.75, 3.05) is 6.54 Å². The minimum atomic E-state index is -3.60. The van der Waals surface area contributed by atoms with Crippen LogP contribution in [0.3, 0.4) is 0 Å². The molecule has 0 aromatic heterocycles. The molecule has 0 bridgehead atoms. The summed E-state index contributed by atoms with van der Waals surface area (Å²) >= 11 is 0. The van der Waals surface area contributed by atoms with Crippen LogP contribution in [0.5, 0.6) is 0 Å². The van der Waals surface area contributed by atoms with Crippen LogP contribution < -0.4 is 10.0 Å². The van der Waals surface area contributed by atoms with Crippen LogP contribution in [0.2, 0.25) is 0 Å². The summed E-state index contributed by atoms with van der Waals surface area (Å²) in [4.78, 5) is 12.4. The van der Waals surface area contributed by atoms with E-state index in [2.05, 4.69) is 22.2 Å². The Hall–Kier alpha value is -2.96. The van der Waals surface area contributed by atoms with Gasteiger partial charge in [0.25, 0.3) is 0 Å². The quantitative estimate of drug-likeness (QED) is 0.594. The molecule has 3 rings (SSSR count). The summed E-state index contributed by atoms with van der Waals surface area (Å²) in [5.74, 6) is -0.208. The fraction of sp³-hybridized carbons (Fsp3) is 0.174. The molecule has 5 nitrogen and oxygen atoms in total. The molecule has 3 aromatic rings. The van der Waals surface area contributed by atoms with Crippen molar-refractivity contribution >= 4 is 15.9 Å². The first kappa shape index (κ1) is 20.8. The highest BCUT2D eigenvalue weighted by Crippen LogP contribution is 2.21. The van der Waals surface area contributed by atoms with Gasteiger partial charge in [-0.05, 0) is 35.7 Å². The van der Waals surface area contributed by atoms with Crippen LogP contribution in [-0.2, 0) is 14.8 Å². The number of hydrogen-bond acceptors (Lipinski definition) is 3. The van der Waals surface area contributed by atoms with E-state index in [1.807, 2.05) is 49.4 Å². The van der Waals surface area contributed by atoms with Crippen LogP contribution in [0, 0.1) is 0 Å². The van der Waals surface area contributed by atoms with Crippen molar-refractivity contribution < 1.29 is 13.2 Å². The van der Waals surface area contributed by atoms with Gasteiger partial charge in [-0.3, -0.25) is 4.79 Å². The molecule has 150 valence electrons. The van der Waals surface area contributed by atoms with Gasteiger partial charge in [0.2, 0.25) is 15.9 Å². The third kappa shape index (κ3) is 5.76. The number of sulfonamides is 1. The van der Waals surface area contributed by atoms with Gasteiger partial charge in [0.1, 0.15) is 0 Å². The summed E-state index contributed by atoms with van der Waals surface area (Å²) in [6.07, 6.45) is 0.0680. The van der Waals surface area contributed by atoms with Crippen molar-refractivity contribution in [1.29, 1.82) is 0 Å². The molecule has 0 aliphatic carbocycles. The summed E-state index contributed by atoms with van der Waals surface area (Å²) in [7, 11) is -3.60. The third-order valence-electron chi connectivity index (χ3n) is 4.59. The average molecular weight is 409 g/mol. The Labute approximate surface area is 171 Å². The Bertz CT molecular complexity index is 1030. The zero-order chi connectivity index (χ0) is 20.7. The smallest absolute Gasteiger partial charge is 0.240 e. The van der Waals surface area contributed by atoms with E-state index >= 15 is 0 Å². The second-order valence-electron chi connectivity index (χ2n) is 6.74.